The van der Waals surface area contributed by atoms with Crippen LogP contribution in [0.2, 0.25) is 0 Å². The SMILES string of the molecule is O=C1CC(O)(c2ccc(OC(O)(O)O)c(OC3CCCC3)c2)C(O)(O)N1. The summed E-state index contributed by atoms with van der Waals surface area (Å²) in [7, 11) is 0. The van der Waals surface area contributed by atoms with Gasteiger partial charge in [-0.05, 0) is 43.4 Å². The van der Waals surface area contributed by atoms with Crippen molar-refractivity contribution >= 4 is 5.91 Å². The Morgan fingerprint density at radius 1 is 1.08 bits per heavy atom. The molecule has 3 rings (SSSR count). The van der Waals surface area contributed by atoms with Gasteiger partial charge in [-0.3, -0.25) is 4.79 Å². The number of nitrogens with one attached hydrogen (secondary N) is 1. The molecule has 144 valence electrons. The Labute approximate surface area is 148 Å². The van der Waals surface area contributed by atoms with Crippen LogP contribution in [-0.4, -0.2) is 54.7 Å². The summed E-state index contributed by atoms with van der Waals surface area (Å²) >= 11 is 0. The number of amides is 1. The van der Waals surface area contributed by atoms with Gasteiger partial charge in [0.1, 0.15) is 0 Å². The van der Waals surface area contributed by atoms with Gasteiger partial charge in [0.15, 0.2) is 17.1 Å². The van der Waals surface area contributed by atoms with Crippen molar-refractivity contribution in [1.29, 1.82) is 0 Å². The van der Waals surface area contributed by atoms with Crippen LogP contribution in [0.15, 0.2) is 18.2 Å². The van der Waals surface area contributed by atoms with Crippen LogP contribution in [0.4, 0.5) is 0 Å². The molecule has 1 aromatic rings. The van der Waals surface area contributed by atoms with Crippen molar-refractivity contribution in [3.8, 4) is 11.5 Å². The molecule has 2 fully saturated rings. The van der Waals surface area contributed by atoms with Gasteiger partial charge in [0.25, 0.3) is 5.91 Å². The van der Waals surface area contributed by atoms with E-state index in [-0.39, 0.29) is 23.2 Å². The molecule has 1 aromatic carbocycles. The molecule has 1 atom stereocenters. The minimum Gasteiger partial charge on any atom is -0.487 e. The molecule has 1 saturated heterocycles. The Morgan fingerprint density at radius 2 is 1.73 bits per heavy atom. The highest BCUT2D eigenvalue weighted by molar-refractivity contribution is 5.81. The number of ether oxygens (including phenoxy) is 2. The molecule has 2 aliphatic rings. The topological polar surface area (TPSA) is 169 Å². The van der Waals surface area contributed by atoms with Crippen molar-refractivity contribution in [1.82, 2.24) is 5.32 Å². The van der Waals surface area contributed by atoms with E-state index in [9.17, 15) is 20.1 Å². The predicted molar refractivity (Wildman–Crippen MR) is 83.2 cm³/mol. The van der Waals surface area contributed by atoms with Gasteiger partial charge in [-0.15, -0.1) is 0 Å². The summed E-state index contributed by atoms with van der Waals surface area (Å²) in [5, 5.41) is 59.6. The van der Waals surface area contributed by atoms with Gasteiger partial charge in [0.2, 0.25) is 5.91 Å². The summed E-state index contributed by atoms with van der Waals surface area (Å²) in [6, 6.07) is 3.53. The Hall–Kier alpha value is -1.95. The molecule has 1 saturated carbocycles. The molecular formula is C16H21NO9. The van der Waals surface area contributed by atoms with Crippen molar-refractivity contribution < 1.29 is 44.9 Å². The second-order valence-electron chi connectivity index (χ2n) is 6.62. The normalized spacial score (nSPS) is 26.0. The maximum absolute atomic E-state index is 11.5. The van der Waals surface area contributed by atoms with Gasteiger partial charge in [-0.2, -0.15) is 0 Å². The Bertz CT molecular complexity index is 693. The quantitative estimate of drug-likeness (QED) is 0.299. The Kier molecular flexibility index (Phi) is 4.59. The Morgan fingerprint density at radius 3 is 2.27 bits per heavy atom. The lowest BCUT2D eigenvalue weighted by Gasteiger charge is -2.32. The minimum absolute atomic E-state index is 0.0560. The van der Waals surface area contributed by atoms with Gasteiger partial charge in [0.05, 0.1) is 12.5 Å². The van der Waals surface area contributed by atoms with Gasteiger partial charge < -0.3 is 45.4 Å². The zero-order valence-electron chi connectivity index (χ0n) is 13.8. The summed E-state index contributed by atoms with van der Waals surface area (Å²) < 4.78 is 10.4. The summed E-state index contributed by atoms with van der Waals surface area (Å²) in [5.74, 6) is -3.96. The van der Waals surface area contributed by atoms with Gasteiger partial charge in [-0.25, -0.2) is 0 Å². The van der Waals surface area contributed by atoms with Crippen molar-refractivity contribution in [3.63, 3.8) is 0 Å². The van der Waals surface area contributed by atoms with E-state index in [1.807, 2.05) is 5.32 Å². The first kappa shape index (κ1) is 18.8. The van der Waals surface area contributed by atoms with Crippen LogP contribution in [0.1, 0.15) is 37.7 Å². The lowest BCUT2D eigenvalue weighted by atomic mass is 9.89. The number of aliphatic hydroxyl groups is 6. The van der Waals surface area contributed by atoms with E-state index in [2.05, 4.69) is 4.74 Å². The zero-order valence-corrected chi connectivity index (χ0v) is 13.8. The van der Waals surface area contributed by atoms with Crippen LogP contribution in [0.3, 0.4) is 0 Å². The molecular weight excluding hydrogens is 350 g/mol. The maximum atomic E-state index is 11.5. The standard InChI is InChI=1S/C16H21NO9/c18-13-8-14(19,15(20,21)17-13)9-5-6-11(26-16(22,23)24)12(7-9)25-10-3-1-2-4-10/h5-7,10,19-24H,1-4,8H2,(H,17,18). The zero-order chi connectivity index (χ0) is 19.2. The Balaban J connectivity index is 1.98. The molecule has 1 aliphatic heterocycles. The second-order valence-corrected chi connectivity index (χ2v) is 6.62. The van der Waals surface area contributed by atoms with Crippen LogP contribution in [-0.2, 0) is 10.4 Å². The molecule has 26 heavy (non-hydrogen) atoms. The third-order valence-electron chi connectivity index (χ3n) is 4.57. The molecule has 10 heteroatoms. The van der Waals surface area contributed by atoms with E-state index in [0.717, 1.165) is 31.7 Å². The van der Waals surface area contributed by atoms with Crippen molar-refractivity contribution in [3.05, 3.63) is 23.8 Å². The fourth-order valence-corrected chi connectivity index (χ4v) is 3.28. The van der Waals surface area contributed by atoms with E-state index in [4.69, 9.17) is 20.1 Å². The van der Waals surface area contributed by atoms with Gasteiger partial charge in [-0.1, -0.05) is 6.07 Å². The van der Waals surface area contributed by atoms with E-state index in [0.29, 0.717) is 0 Å². The van der Waals surface area contributed by atoms with Crippen molar-refractivity contribution in [2.24, 2.45) is 0 Å². The third kappa shape index (κ3) is 3.61. The third-order valence-corrected chi connectivity index (χ3v) is 4.57. The molecule has 1 aliphatic carbocycles. The highest BCUT2D eigenvalue weighted by Gasteiger charge is 2.58. The molecule has 7 N–H and O–H groups in total. The molecule has 1 heterocycles. The number of rotatable bonds is 5. The number of hydrogen-bond donors (Lipinski definition) is 7. The van der Waals surface area contributed by atoms with Gasteiger partial charge in [0, 0.05) is 0 Å². The summed E-state index contributed by atoms with van der Waals surface area (Å²) in [5.41, 5.74) is -2.42. The van der Waals surface area contributed by atoms with Crippen LogP contribution in [0.5, 0.6) is 11.5 Å². The molecule has 1 unspecified atom stereocenters. The van der Waals surface area contributed by atoms with Crippen LogP contribution in [0.25, 0.3) is 0 Å². The highest BCUT2D eigenvalue weighted by atomic mass is 16.9. The van der Waals surface area contributed by atoms with Crippen molar-refractivity contribution in [2.45, 2.75) is 55.9 Å². The fraction of sp³-hybridized carbons (Fsp3) is 0.562. The number of benzene rings is 1. The molecule has 0 bridgehead atoms. The van der Waals surface area contributed by atoms with E-state index < -0.39 is 30.0 Å². The van der Waals surface area contributed by atoms with Crippen LogP contribution >= 0.6 is 0 Å². The number of carbonyl (C=O) groups excluding carboxylic acids is 1. The molecule has 0 spiro atoms. The smallest absolute Gasteiger partial charge is 0.453 e. The summed E-state index contributed by atoms with van der Waals surface area (Å²) in [6.45, 7) is 0. The molecule has 1 amide bonds. The van der Waals surface area contributed by atoms with E-state index in [1.54, 1.807) is 0 Å². The van der Waals surface area contributed by atoms with Crippen LogP contribution < -0.4 is 14.8 Å². The van der Waals surface area contributed by atoms with Gasteiger partial charge >= 0.3 is 6.16 Å². The fourth-order valence-electron chi connectivity index (χ4n) is 3.28. The number of hydrogen-bond acceptors (Lipinski definition) is 9. The molecule has 10 nitrogen and oxygen atoms in total. The first-order valence-electron chi connectivity index (χ1n) is 8.16. The summed E-state index contributed by atoms with van der Waals surface area (Å²) in [6.07, 6.45) is -0.848. The predicted octanol–water partition coefficient (Wildman–Crippen LogP) is -1.68. The molecule has 0 radical (unpaired) electrons. The number of carbonyl (C=O) groups is 1. The molecule has 0 aromatic heterocycles. The first-order valence-corrected chi connectivity index (χ1v) is 8.16. The maximum Gasteiger partial charge on any atom is 0.453 e. The van der Waals surface area contributed by atoms with Crippen molar-refractivity contribution in [2.75, 3.05) is 0 Å². The minimum atomic E-state index is -3.45. The first-order chi connectivity index (χ1) is 12.0. The van der Waals surface area contributed by atoms with E-state index in [1.165, 1.54) is 12.1 Å². The lowest BCUT2D eigenvalue weighted by molar-refractivity contribution is -0.419. The van der Waals surface area contributed by atoms with Crippen LogP contribution in [0, 0.1) is 0 Å². The highest BCUT2D eigenvalue weighted by Crippen LogP contribution is 2.42. The lowest BCUT2D eigenvalue weighted by Crippen LogP contribution is -2.54. The monoisotopic (exact) mass is 371 g/mol. The second kappa shape index (κ2) is 6.34. The van der Waals surface area contributed by atoms with E-state index >= 15 is 0 Å². The average Bonchev–Trinajstić information content (AvgIpc) is 3.06. The average molecular weight is 371 g/mol. The summed E-state index contributed by atoms with van der Waals surface area (Å²) in [4.78, 5) is 11.5. The largest absolute Gasteiger partial charge is 0.487 e.